The molecule has 0 fully saturated rings. The van der Waals surface area contributed by atoms with Crippen molar-refractivity contribution in [2.75, 3.05) is 7.11 Å². The highest BCUT2D eigenvalue weighted by molar-refractivity contribution is 6.31. The van der Waals surface area contributed by atoms with E-state index < -0.39 is 6.04 Å². The molecule has 6 nitrogen and oxygen atoms in total. The van der Waals surface area contributed by atoms with Crippen molar-refractivity contribution in [3.8, 4) is 16.9 Å². The molecule has 1 atom stereocenters. The van der Waals surface area contributed by atoms with Gasteiger partial charge in [0.05, 0.1) is 25.0 Å². The molecule has 5 rings (SSSR count). The van der Waals surface area contributed by atoms with E-state index in [-0.39, 0.29) is 23.5 Å². The Morgan fingerprint density at radius 1 is 1.05 bits per heavy atom. The van der Waals surface area contributed by atoms with Crippen molar-refractivity contribution in [2.45, 2.75) is 32.2 Å². The lowest BCUT2D eigenvalue weighted by molar-refractivity contribution is -0.121. The van der Waals surface area contributed by atoms with Crippen LogP contribution in [-0.4, -0.2) is 28.2 Å². The lowest BCUT2D eigenvalue weighted by atomic mass is 9.95. The molecule has 39 heavy (non-hydrogen) atoms. The van der Waals surface area contributed by atoms with Crippen LogP contribution in [0.15, 0.2) is 83.9 Å². The van der Waals surface area contributed by atoms with Gasteiger partial charge in [0.15, 0.2) is 11.6 Å². The topological polar surface area (TPSA) is 78.3 Å². The predicted octanol–water partition coefficient (Wildman–Crippen LogP) is 5.94. The molecule has 2 aromatic heterocycles. The number of benzene rings is 2. The Morgan fingerprint density at radius 3 is 2.59 bits per heavy atom. The molecule has 1 aliphatic carbocycles. The number of aromatic nitrogens is 2. The Kier molecular flexibility index (Phi) is 7.57. The minimum absolute atomic E-state index is 0.115. The fourth-order valence-electron chi connectivity index (χ4n) is 4.99. The molecule has 4 aromatic rings. The number of carbonyl (C=O) groups is 2. The standard InChI is InChI=1S/C32H27ClN2O4/c1-20(36)25-12-11-24(33)16-26(25)27-17-32(38)35(19-31(27)39-2)29(14-21-7-4-3-5-8-21)30(37)15-22-13-23-9-6-10-28(23)34-18-22/h3-8,10-13,16-19,29H,9,14-15H2,1-2H3. The van der Waals surface area contributed by atoms with Gasteiger partial charge in [0, 0.05) is 41.3 Å². The monoisotopic (exact) mass is 538 g/mol. The van der Waals surface area contributed by atoms with E-state index in [2.05, 4.69) is 4.98 Å². The maximum absolute atomic E-state index is 13.8. The van der Waals surface area contributed by atoms with Crippen LogP contribution < -0.4 is 10.3 Å². The third-order valence-electron chi connectivity index (χ3n) is 6.94. The van der Waals surface area contributed by atoms with Crippen molar-refractivity contribution in [2.24, 2.45) is 0 Å². The summed E-state index contributed by atoms with van der Waals surface area (Å²) in [6, 6.07) is 17.1. The Balaban J connectivity index is 1.57. The van der Waals surface area contributed by atoms with E-state index in [9.17, 15) is 14.4 Å². The Morgan fingerprint density at radius 2 is 1.85 bits per heavy atom. The van der Waals surface area contributed by atoms with Gasteiger partial charge in [-0.1, -0.05) is 54.1 Å². The zero-order valence-electron chi connectivity index (χ0n) is 21.7. The van der Waals surface area contributed by atoms with Crippen molar-refractivity contribution in [3.05, 3.63) is 122 Å². The molecule has 2 heterocycles. The maximum atomic E-state index is 13.8. The van der Waals surface area contributed by atoms with Crippen LogP contribution in [0.25, 0.3) is 17.2 Å². The van der Waals surface area contributed by atoms with Gasteiger partial charge in [-0.05, 0) is 59.9 Å². The van der Waals surface area contributed by atoms with Gasteiger partial charge in [0.2, 0.25) is 0 Å². The smallest absolute Gasteiger partial charge is 0.252 e. The summed E-state index contributed by atoms with van der Waals surface area (Å²) >= 11 is 6.24. The molecule has 0 radical (unpaired) electrons. The number of pyridine rings is 2. The number of carbonyl (C=O) groups excluding carboxylic acids is 2. The number of hydrogen-bond acceptors (Lipinski definition) is 5. The summed E-state index contributed by atoms with van der Waals surface area (Å²) in [5, 5.41) is 0.427. The van der Waals surface area contributed by atoms with Crippen LogP contribution in [0.5, 0.6) is 5.75 Å². The molecule has 196 valence electrons. The van der Waals surface area contributed by atoms with Gasteiger partial charge >= 0.3 is 0 Å². The van der Waals surface area contributed by atoms with E-state index >= 15 is 0 Å². The van der Waals surface area contributed by atoms with Crippen LogP contribution in [0, 0.1) is 0 Å². The number of hydrogen-bond donors (Lipinski definition) is 0. The second kappa shape index (κ2) is 11.2. The maximum Gasteiger partial charge on any atom is 0.252 e. The predicted molar refractivity (Wildman–Crippen MR) is 153 cm³/mol. The van der Waals surface area contributed by atoms with E-state index in [1.165, 1.54) is 24.7 Å². The molecule has 7 heteroatoms. The zero-order valence-corrected chi connectivity index (χ0v) is 22.4. The third kappa shape index (κ3) is 5.61. The molecule has 0 N–H and O–H groups in total. The van der Waals surface area contributed by atoms with E-state index in [4.69, 9.17) is 16.3 Å². The molecular weight excluding hydrogens is 512 g/mol. The summed E-state index contributed by atoms with van der Waals surface area (Å²) in [6.45, 7) is 1.46. The first-order valence-electron chi connectivity index (χ1n) is 12.7. The molecule has 0 aliphatic heterocycles. The number of halogens is 1. The SMILES string of the molecule is COc1cn(C(Cc2ccccc2)C(=O)Cc2cnc3c(c2)CC=C3)c(=O)cc1-c1cc(Cl)ccc1C(C)=O. The quantitative estimate of drug-likeness (QED) is 0.246. The van der Waals surface area contributed by atoms with Crippen LogP contribution in [0.2, 0.25) is 5.02 Å². The molecule has 2 aromatic carbocycles. The van der Waals surface area contributed by atoms with E-state index in [1.54, 1.807) is 30.6 Å². The first-order chi connectivity index (χ1) is 18.8. The van der Waals surface area contributed by atoms with Crippen molar-refractivity contribution in [1.82, 2.24) is 9.55 Å². The molecule has 1 aliphatic rings. The molecule has 0 saturated heterocycles. The summed E-state index contributed by atoms with van der Waals surface area (Å²) in [7, 11) is 1.49. The number of Topliss-reactive ketones (excluding diaryl/α,β-unsaturated/α-hetero) is 2. The molecule has 0 amide bonds. The normalized spacial score (nSPS) is 12.7. The van der Waals surface area contributed by atoms with Crippen LogP contribution in [0.1, 0.15) is 45.7 Å². The van der Waals surface area contributed by atoms with Gasteiger partial charge in [-0.25, -0.2) is 0 Å². The van der Waals surface area contributed by atoms with Crippen molar-refractivity contribution >= 4 is 29.2 Å². The van der Waals surface area contributed by atoms with Gasteiger partial charge in [-0.15, -0.1) is 0 Å². The van der Waals surface area contributed by atoms with Gasteiger partial charge in [0.25, 0.3) is 5.56 Å². The first kappa shape index (κ1) is 26.3. The fourth-order valence-corrected chi connectivity index (χ4v) is 5.17. The highest BCUT2D eigenvalue weighted by Gasteiger charge is 2.25. The molecule has 0 spiro atoms. The molecular formula is C32H27ClN2O4. The van der Waals surface area contributed by atoms with Gasteiger partial charge in [0.1, 0.15) is 5.75 Å². The molecule has 0 bridgehead atoms. The lowest BCUT2D eigenvalue weighted by Gasteiger charge is -2.22. The summed E-state index contributed by atoms with van der Waals surface area (Å²) in [5.41, 5.74) is 4.72. The zero-order chi connectivity index (χ0) is 27.5. The fraction of sp³-hybridized carbons (Fsp3) is 0.188. The van der Waals surface area contributed by atoms with Gasteiger partial charge in [-0.3, -0.25) is 19.4 Å². The lowest BCUT2D eigenvalue weighted by Crippen LogP contribution is -2.32. The van der Waals surface area contributed by atoms with Gasteiger partial charge < -0.3 is 9.30 Å². The van der Waals surface area contributed by atoms with Crippen LogP contribution in [-0.2, 0) is 24.1 Å². The van der Waals surface area contributed by atoms with Crippen LogP contribution >= 0.6 is 11.6 Å². The summed E-state index contributed by atoms with van der Waals surface area (Å²) in [5.74, 6) is 0.0781. The number of ketones is 2. The van der Waals surface area contributed by atoms with Crippen LogP contribution in [0.3, 0.4) is 0 Å². The van der Waals surface area contributed by atoms with E-state index in [0.717, 1.165) is 28.8 Å². The Bertz CT molecular complexity index is 1660. The third-order valence-corrected chi connectivity index (χ3v) is 7.18. The van der Waals surface area contributed by atoms with Crippen LogP contribution in [0.4, 0.5) is 0 Å². The summed E-state index contributed by atoms with van der Waals surface area (Å²) in [4.78, 5) is 44.2. The average molecular weight is 539 g/mol. The largest absolute Gasteiger partial charge is 0.495 e. The second-order valence-electron chi connectivity index (χ2n) is 9.59. The summed E-state index contributed by atoms with van der Waals surface area (Å²) in [6.07, 6.45) is 8.56. The minimum Gasteiger partial charge on any atom is -0.495 e. The number of rotatable bonds is 9. The highest BCUT2D eigenvalue weighted by Crippen LogP contribution is 2.34. The van der Waals surface area contributed by atoms with Crippen molar-refractivity contribution in [1.29, 1.82) is 0 Å². The first-order valence-corrected chi connectivity index (χ1v) is 13.0. The van der Waals surface area contributed by atoms with Crippen molar-refractivity contribution in [3.63, 3.8) is 0 Å². The summed E-state index contributed by atoms with van der Waals surface area (Å²) < 4.78 is 7.11. The Labute approximate surface area is 231 Å². The number of fused-ring (bicyclic) bond motifs is 1. The minimum atomic E-state index is -0.777. The average Bonchev–Trinajstić information content (AvgIpc) is 3.40. The van der Waals surface area contributed by atoms with E-state index in [0.29, 0.717) is 33.9 Å². The second-order valence-corrected chi connectivity index (χ2v) is 10.0. The number of methoxy groups -OCH3 is 1. The number of nitrogens with zero attached hydrogens (tertiary/aromatic N) is 2. The van der Waals surface area contributed by atoms with Crippen molar-refractivity contribution < 1.29 is 14.3 Å². The number of allylic oxidation sites excluding steroid dienone is 1. The number of ether oxygens (including phenoxy) is 1. The highest BCUT2D eigenvalue weighted by atomic mass is 35.5. The molecule has 0 saturated carbocycles. The van der Waals surface area contributed by atoms with E-state index in [1.807, 2.05) is 48.6 Å². The Hall–Kier alpha value is -4.29. The molecule has 1 unspecified atom stereocenters. The van der Waals surface area contributed by atoms with Gasteiger partial charge in [-0.2, -0.15) is 0 Å².